The number of para-hydroxylation sites is 1. The second-order valence-corrected chi connectivity index (χ2v) is 10.7. The first-order valence-electron chi connectivity index (χ1n) is 13.3. The summed E-state index contributed by atoms with van der Waals surface area (Å²) in [4.78, 5) is 28.8. The molecule has 212 valence electrons. The highest BCUT2D eigenvalue weighted by Crippen LogP contribution is 2.44. The SMILES string of the molecule is COc1c(OC(=O)N(C)c2ccccc2)cc2oc3cc4c(c(OC)c3c(=O)c2c1CC=C(C)C)C=CC(C)(C)O4. The van der Waals surface area contributed by atoms with Crippen molar-refractivity contribution in [3.8, 4) is 23.0 Å². The van der Waals surface area contributed by atoms with E-state index in [0.29, 0.717) is 51.1 Å². The Labute approximate surface area is 238 Å². The number of nitrogens with zero attached hydrogens (tertiary/aromatic N) is 1. The maximum absolute atomic E-state index is 14.2. The number of hydrogen-bond donors (Lipinski definition) is 0. The molecule has 8 heteroatoms. The summed E-state index contributed by atoms with van der Waals surface area (Å²) >= 11 is 0. The fraction of sp³-hybridized carbons (Fsp3) is 0.273. The molecule has 1 amide bonds. The smallest absolute Gasteiger partial charge is 0.419 e. The van der Waals surface area contributed by atoms with Crippen LogP contribution in [0.3, 0.4) is 0 Å². The van der Waals surface area contributed by atoms with Gasteiger partial charge in [-0.15, -0.1) is 0 Å². The van der Waals surface area contributed by atoms with Crippen molar-refractivity contribution in [3.05, 3.63) is 81.5 Å². The van der Waals surface area contributed by atoms with Gasteiger partial charge in [-0.1, -0.05) is 29.8 Å². The number of carbonyl (C=O) groups excluding carboxylic acids is 1. The zero-order valence-corrected chi connectivity index (χ0v) is 24.3. The van der Waals surface area contributed by atoms with E-state index in [-0.39, 0.29) is 22.5 Å². The van der Waals surface area contributed by atoms with Crippen molar-refractivity contribution in [1.82, 2.24) is 0 Å². The number of carbonyl (C=O) groups is 1. The zero-order valence-electron chi connectivity index (χ0n) is 24.3. The van der Waals surface area contributed by atoms with Gasteiger partial charge in [-0.25, -0.2) is 4.79 Å². The molecule has 0 atom stereocenters. The van der Waals surface area contributed by atoms with E-state index in [2.05, 4.69) is 0 Å². The minimum absolute atomic E-state index is 0.137. The Bertz CT molecular complexity index is 1780. The summed E-state index contributed by atoms with van der Waals surface area (Å²) in [6.45, 7) is 7.81. The summed E-state index contributed by atoms with van der Waals surface area (Å²) in [5.41, 5.74) is 2.63. The van der Waals surface area contributed by atoms with Gasteiger partial charge in [0.05, 0.1) is 25.2 Å². The lowest BCUT2D eigenvalue weighted by molar-refractivity contribution is 0.158. The molecule has 0 bridgehead atoms. The van der Waals surface area contributed by atoms with Crippen LogP contribution in [0.5, 0.6) is 23.0 Å². The Morgan fingerprint density at radius 3 is 2.34 bits per heavy atom. The van der Waals surface area contributed by atoms with E-state index >= 15 is 0 Å². The molecule has 4 aromatic rings. The van der Waals surface area contributed by atoms with Crippen molar-refractivity contribution in [2.45, 2.75) is 39.7 Å². The number of anilines is 1. The minimum Gasteiger partial charge on any atom is -0.495 e. The van der Waals surface area contributed by atoms with Crippen molar-refractivity contribution in [1.29, 1.82) is 0 Å². The van der Waals surface area contributed by atoms with Gasteiger partial charge >= 0.3 is 6.09 Å². The van der Waals surface area contributed by atoms with Crippen LogP contribution in [0.25, 0.3) is 28.0 Å². The van der Waals surface area contributed by atoms with Gasteiger partial charge in [0.1, 0.15) is 33.7 Å². The zero-order chi connectivity index (χ0) is 29.5. The Hall–Kier alpha value is -4.72. The number of rotatable bonds is 6. The number of benzene rings is 3. The molecule has 0 radical (unpaired) electrons. The van der Waals surface area contributed by atoms with E-state index in [1.54, 1.807) is 25.2 Å². The number of fused-ring (bicyclic) bond motifs is 3. The monoisotopic (exact) mass is 555 g/mol. The van der Waals surface area contributed by atoms with Crippen molar-refractivity contribution >= 4 is 39.8 Å². The predicted octanol–water partition coefficient (Wildman–Crippen LogP) is 7.29. The number of ether oxygens (including phenoxy) is 4. The Balaban J connectivity index is 1.77. The van der Waals surface area contributed by atoms with Gasteiger partial charge in [-0.2, -0.15) is 0 Å². The first-order valence-corrected chi connectivity index (χ1v) is 13.3. The fourth-order valence-electron chi connectivity index (χ4n) is 4.94. The molecule has 0 fully saturated rings. The van der Waals surface area contributed by atoms with Crippen LogP contribution in [-0.4, -0.2) is 33.0 Å². The Morgan fingerprint density at radius 1 is 1.00 bits per heavy atom. The van der Waals surface area contributed by atoms with Crippen molar-refractivity contribution in [3.63, 3.8) is 0 Å². The van der Waals surface area contributed by atoms with E-state index in [1.807, 2.05) is 64.1 Å². The van der Waals surface area contributed by atoms with Crippen LogP contribution in [0.1, 0.15) is 38.8 Å². The van der Waals surface area contributed by atoms with Gasteiger partial charge in [0, 0.05) is 30.4 Å². The topological polar surface area (TPSA) is 87.4 Å². The number of allylic oxidation sites excluding steroid dienone is 2. The average Bonchev–Trinajstić information content (AvgIpc) is 2.94. The van der Waals surface area contributed by atoms with Crippen LogP contribution >= 0.6 is 0 Å². The quantitative estimate of drug-likeness (QED) is 0.182. The largest absolute Gasteiger partial charge is 0.495 e. The standard InChI is InChI=1S/C33H33NO7/c1-19(2)13-14-22-27-24(18-26(30(22)37-6)40-32(36)34(5)20-11-9-8-10-12-20)39-25-17-23-21(15-16-33(3,4)41-23)31(38-7)28(25)29(27)35/h8-13,15-18H,14H2,1-7H3. The molecule has 0 N–H and O–H groups in total. The third-order valence-corrected chi connectivity index (χ3v) is 6.99. The highest BCUT2D eigenvalue weighted by molar-refractivity contribution is 6.00. The third-order valence-electron chi connectivity index (χ3n) is 6.99. The molecule has 5 rings (SSSR count). The summed E-state index contributed by atoms with van der Waals surface area (Å²) in [5.74, 6) is 1.32. The van der Waals surface area contributed by atoms with Crippen LogP contribution in [0.2, 0.25) is 0 Å². The maximum Gasteiger partial charge on any atom is 0.419 e. The van der Waals surface area contributed by atoms with Crippen molar-refractivity contribution in [2.24, 2.45) is 0 Å². The molecule has 41 heavy (non-hydrogen) atoms. The van der Waals surface area contributed by atoms with E-state index in [1.165, 1.54) is 25.2 Å². The van der Waals surface area contributed by atoms with Gasteiger partial charge in [0.25, 0.3) is 0 Å². The summed E-state index contributed by atoms with van der Waals surface area (Å²) in [7, 11) is 4.62. The molecule has 0 saturated heterocycles. The first-order chi connectivity index (χ1) is 19.5. The predicted molar refractivity (Wildman–Crippen MR) is 161 cm³/mol. The molecule has 3 aromatic carbocycles. The molecule has 1 aliphatic heterocycles. The molecule has 1 aromatic heterocycles. The summed E-state index contributed by atoms with van der Waals surface area (Å²) in [5, 5.41) is 0.614. The lowest BCUT2D eigenvalue weighted by Crippen LogP contribution is -2.29. The highest BCUT2D eigenvalue weighted by Gasteiger charge is 2.29. The number of methoxy groups -OCH3 is 2. The van der Waals surface area contributed by atoms with E-state index in [9.17, 15) is 9.59 Å². The normalized spacial score (nSPS) is 13.3. The molecular formula is C33H33NO7. The molecule has 0 saturated carbocycles. The van der Waals surface area contributed by atoms with Gasteiger partial charge < -0.3 is 23.4 Å². The van der Waals surface area contributed by atoms with Crippen LogP contribution in [0.4, 0.5) is 10.5 Å². The molecule has 0 spiro atoms. The van der Waals surface area contributed by atoms with E-state index in [0.717, 1.165) is 5.57 Å². The lowest BCUT2D eigenvalue weighted by atomic mass is 9.97. The molecule has 1 aliphatic rings. The van der Waals surface area contributed by atoms with Gasteiger partial charge in [-0.3, -0.25) is 9.69 Å². The second kappa shape index (κ2) is 10.7. The van der Waals surface area contributed by atoms with E-state index < -0.39 is 11.7 Å². The lowest BCUT2D eigenvalue weighted by Gasteiger charge is -2.28. The average molecular weight is 556 g/mol. The first kappa shape index (κ1) is 27.8. The van der Waals surface area contributed by atoms with Crippen LogP contribution < -0.4 is 29.3 Å². The second-order valence-electron chi connectivity index (χ2n) is 10.7. The summed E-state index contributed by atoms with van der Waals surface area (Å²) in [6, 6.07) is 12.4. The molecule has 0 unspecified atom stereocenters. The maximum atomic E-state index is 14.2. The van der Waals surface area contributed by atoms with Crippen LogP contribution in [0.15, 0.2) is 69.4 Å². The number of amides is 1. The summed E-state index contributed by atoms with van der Waals surface area (Å²) < 4.78 is 29.9. The summed E-state index contributed by atoms with van der Waals surface area (Å²) in [6.07, 6.45) is 5.52. The highest BCUT2D eigenvalue weighted by atomic mass is 16.6. The molecular weight excluding hydrogens is 522 g/mol. The van der Waals surface area contributed by atoms with Crippen LogP contribution in [0, 0.1) is 0 Å². The molecule has 8 nitrogen and oxygen atoms in total. The van der Waals surface area contributed by atoms with E-state index in [4.69, 9.17) is 23.4 Å². The minimum atomic E-state index is -0.622. The fourth-order valence-corrected chi connectivity index (χ4v) is 4.94. The van der Waals surface area contributed by atoms with Gasteiger partial charge in [0.15, 0.2) is 11.5 Å². The van der Waals surface area contributed by atoms with Crippen LogP contribution in [-0.2, 0) is 6.42 Å². The van der Waals surface area contributed by atoms with Crippen molar-refractivity contribution < 1.29 is 28.2 Å². The van der Waals surface area contributed by atoms with Crippen molar-refractivity contribution in [2.75, 3.05) is 26.2 Å². The molecule has 0 aliphatic carbocycles. The Kier molecular flexibility index (Phi) is 7.26. The van der Waals surface area contributed by atoms with Gasteiger partial charge in [0.2, 0.25) is 5.43 Å². The third kappa shape index (κ3) is 5.13. The van der Waals surface area contributed by atoms with Gasteiger partial charge in [-0.05, 0) is 58.4 Å². The molecule has 2 heterocycles. The Morgan fingerprint density at radius 2 is 1.68 bits per heavy atom. The number of hydrogen-bond acceptors (Lipinski definition) is 7.